The molecule has 1 atom stereocenters. The second-order valence-electron chi connectivity index (χ2n) is 7.61. The first-order chi connectivity index (χ1) is 12.7. The molecule has 7 heteroatoms. The van der Waals surface area contributed by atoms with Crippen LogP contribution >= 0.6 is 0 Å². The lowest BCUT2D eigenvalue weighted by molar-refractivity contribution is -0.0299. The molecule has 1 unspecified atom stereocenters. The number of halogens is 1. The first-order valence-corrected chi connectivity index (χ1v) is 9.64. The largest absolute Gasteiger partial charge is 0.381 e. The number of carbonyl (C=O) groups is 1. The van der Waals surface area contributed by atoms with Crippen LogP contribution in [0.2, 0.25) is 0 Å². The number of amides is 1. The van der Waals surface area contributed by atoms with E-state index in [-0.39, 0.29) is 5.91 Å². The van der Waals surface area contributed by atoms with E-state index in [1.807, 2.05) is 6.07 Å². The molecule has 0 saturated carbocycles. The van der Waals surface area contributed by atoms with Crippen LogP contribution in [0.3, 0.4) is 0 Å². The number of piperidine rings is 1. The number of hydrogen-bond donors (Lipinski definition) is 1. The molecule has 26 heavy (non-hydrogen) atoms. The van der Waals surface area contributed by atoms with Gasteiger partial charge in [-0.05, 0) is 31.4 Å². The third-order valence-electron chi connectivity index (χ3n) is 5.75. The first-order valence-electron chi connectivity index (χ1n) is 9.64. The molecule has 0 aromatic carbocycles. The highest BCUT2D eigenvalue weighted by Gasteiger charge is 2.30. The van der Waals surface area contributed by atoms with Gasteiger partial charge in [-0.15, -0.1) is 0 Å². The molecule has 1 amide bonds. The Bertz CT molecular complexity index is 614. The van der Waals surface area contributed by atoms with E-state index in [1.54, 1.807) is 12.3 Å². The van der Waals surface area contributed by atoms with E-state index in [0.29, 0.717) is 37.2 Å². The maximum Gasteiger partial charge on any atom is 0.269 e. The predicted molar refractivity (Wildman–Crippen MR) is 97.2 cm³/mol. The molecule has 0 spiro atoms. The number of aromatic nitrogens is 1. The number of ether oxygens (including phenoxy) is 1. The Kier molecular flexibility index (Phi) is 5.36. The second kappa shape index (κ2) is 7.88. The summed E-state index contributed by atoms with van der Waals surface area (Å²) in [6, 6.07) is 4.27. The molecule has 3 aliphatic rings. The molecule has 3 saturated heterocycles. The number of likely N-dealkylation sites (tertiary alicyclic amines) is 1. The molecule has 1 aromatic rings. The van der Waals surface area contributed by atoms with Gasteiger partial charge in [0.05, 0.1) is 25.1 Å². The molecule has 0 radical (unpaired) electrons. The minimum atomic E-state index is -0.646. The van der Waals surface area contributed by atoms with E-state index in [4.69, 9.17) is 4.74 Å². The number of alkyl halides is 1. The number of carbonyl (C=O) groups excluding carboxylic acids is 1. The summed E-state index contributed by atoms with van der Waals surface area (Å²) in [6.45, 7) is 5.50. The van der Waals surface area contributed by atoms with Crippen molar-refractivity contribution in [2.45, 2.75) is 31.5 Å². The van der Waals surface area contributed by atoms with Crippen molar-refractivity contribution in [2.75, 3.05) is 50.8 Å². The van der Waals surface area contributed by atoms with E-state index in [9.17, 15) is 9.18 Å². The average Bonchev–Trinajstić information content (AvgIpc) is 3.07. The van der Waals surface area contributed by atoms with Crippen molar-refractivity contribution in [3.63, 3.8) is 0 Å². The van der Waals surface area contributed by atoms with Crippen LogP contribution in [-0.2, 0) is 4.74 Å². The van der Waals surface area contributed by atoms with Gasteiger partial charge in [-0.3, -0.25) is 9.69 Å². The SMILES string of the molecule is O=C(NCC1COC1)c1ccc(N2CCC(N3CCC(F)C3)CC2)cn1. The summed E-state index contributed by atoms with van der Waals surface area (Å²) in [5.74, 6) is 0.305. The highest BCUT2D eigenvalue weighted by molar-refractivity contribution is 5.92. The number of anilines is 1. The third kappa shape index (κ3) is 3.99. The maximum atomic E-state index is 13.4. The Balaban J connectivity index is 1.26. The van der Waals surface area contributed by atoms with Gasteiger partial charge in [0, 0.05) is 44.7 Å². The normalized spacial score (nSPS) is 25.3. The Hall–Kier alpha value is -1.73. The lowest BCUT2D eigenvalue weighted by atomic mass is 10.0. The minimum absolute atomic E-state index is 0.128. The summed E-state index contributed by atoms with van der Waals surface area (Å²) in [6.07, 6.45) is 3.93. The molecule has 1 N–H and O–H groups in total. The van der Waals surface area contributed by atoms with Gasteiger partial charge in [0.25, 0.3) is 5.91 Å². The molecule has 4 heterocycles. The summed E-state index contributed by atoms with van der Waals surface area (Å²) in [5.41, 5.74) is 1.51. The number of nitrogens with one attached hydrogen (secondary N) is 1. The van der Waals surface area contributed by atoms with Gasteiger partial charge < -0.3 is 15.0 Å². The van der Waals surface area contributed by atoms with Crippen LogP contribution in [0.4, 0.5) is 10.1 Å². The summed E-state index contributed by atoms with van der Waals surface area (Å²) in [5, 5.41) is 2.91. The van der Waals surface area contributed by atoms with Crippen LogP contribution in [0.5, 0.6) is 0 Å². The molecule has 1 aromatic heterocycles. The van der Waals surface area contributed by atoms with E-state index in [1.165, 1.54) is 0 Å². The van der Waals surface area contributed by atoms with E-state index >= 15 is 0 Å². The molecule has 3 fully saturated rings. The summed E-state index contributed by atoms with van der Waals surface area (Å²) >= 11 is 0. The molecule has 0 aliphatic carbocycles. The molecule has 6 nitrogen and oxygen atoms in total. The maximum absolute atomic E-state index is 13.4. The first kappa shape index (κ1) is 17.7. The third-order valence-corrected chi connectivity index (χ3v) is 5.75. The van der Waals surface area contributed by atoms with Gasteiger partial charge in [0.2, 0.25) is 0 Å². The Labute approximate surface area is 153 Å². The van der Waals surface area contributed by atoms with Crippen molar-refractivity contribution < 1.29 is 13.9 Å². The van der Waals surface area contributed by atoms with Crippen LogP contribution in [0, 0.1) is 5.92 Å². The second-order valence-corrected chi connectivity index (χ2v) is 7.61. The Morgan fingerprint density at radius 1 is 1.23 bits per heavy atom. The number of pyridine rings is 1. The van der Waals surface area contributed by atoms with Crippen LogP contribution < -0.4 is 10.2 Å². The quantitative estimate of drug-likeness (QED) is 0.860. The fraction of sp³-hybridized carbons (Fsp3) is 0.684. The van der Waals surface area contributed by atoms with Gasteiger partial charge in [-0.1, -0.05) is 0 Å². The zero-order chi connectivity index (χ0) is 17.9. The number of rotatable bonds is 5. The standard InChI is InChI=1S/C19H27FN4O2/c20-15-3-6-24(11-15)16-4-7-23(8-5-16)17-1-2-18(21-10-17)19(25)22-9-14-12-26-13-14/h1-2,10,14-16H,3-9,11-13H2,(H,22,25). The van der Waals surface area contributed by atoms with Crippen LogP contribution in [-0.4, -0.2) is 73.9 Å². The highest BCUT2D eigenvalue weighted by atomic mass is 19.1. The fourth-order valence-corrected chi connectivity index (χ4v) is 4.00. The highest BCUT2D eigenvalue weighted by Crippen LogP contribution is 2.25. The van der Waals surface area contributed by atoms with Crippen LogP contribution in [0.1, 0.15) is 29.8 Å². The molecule has 4 rings (SSSR count). The van der Waals surface area contributed by atoms with E-state index < -0.39 is 6.17 Å². The fourth-order valence-electron chi connectivity index (χ4n) is 4.00. The summed E-state index contributed by atoms with van der Waals surface area (Å²) in [7, 11) is 0. The monoisotopic (exact) mass is 362 g/mol. The average molecular weight is 362 g/mol. The van der Waals surface area contributed by atoms with Gasteiger partial charge in [-0.25, -0.2) is 9.37 Å². The van der Waals surface area contributed by atoms with Crippen LogP contribution in [0.15, 0.2) is 18.3 Å². The Morgan fingerprint density at radius 2 is 2.04 bits per heavy atom. The van der Waals surface area contributed by atoms with Gasteiger partial charge in [0.1, 0.15) is 11.9 Å². The zero-order valence-electron chi connectivity index (χ0n) is 15.1. The lowest BCUT2D eigenvalue weighted by Crippen LogP contribution is -2.44. The van der Waals surface area contributed by atoms with Gasteiger partial charge in [-0.2, -0.15) is 0 Å². The van der Waals surface area contributed by atoms with Crippen molar-refractivity contribution in [2.24, 2.45) is 5.92 Å². The molecule has 3 aliphatic heterocycles. The van der Waals surface area contributed by atoms with Crippen molar-refractivity contribution in [1.82, 2.24) is 15.2 Å². The summed E-state index contributed by atoms with van der Waals surface area (Å²) < 4.78 is 18.5. The van der Waals surface area contributed by atoms with E-state index in [2.05, 4.69) is 20.1 Å². The molecular formula is C19H27FN4O2. The minimum Gasteiger partial charge on any atom is -0.381 e. The summed E-state index contributed by atoms with van der Waals surface area (Å²) in [4.78, 5) is 21.1. The topological polar surface area (TPSA) is 57.7 Å². The molecular weight excluding hydrogens is 335 g/mol. The predicted octanol–water partition coefficient (Wildman–Crippen LogP) is 1.47. The van der Waals surface area contributed by atoms with E-state index in [0.717, 1.165) is 51.4 Å². The number of nitrogens with zero attached hydrogens (tertiary/aromatic N) is 3. The van der Waals surface area contributed by atoms with Crippen molar-refractivity contribution >= 4 is 11.6 Å². The van der Waals surface area contributed by atoms with Gasteiger partial charge in [0.15, 0.2) is 0 Å². The van der Waals surface area contributed by atoms with Crippen molar-refractivity contribution in [3.8, 4) is 0 Å². The smallest absolute Gasteiger partial charge is 0.269 e. The zero-order valence-corrected chi connectivity index (χ0v) is 15.1. The molecule has 0 bridgehead atoms. The van der Waals surface area contributed by atoms with Crippen molar-refractivity contribution in [3.05, 3.63) is 24.0 Å². The lowest BCUT2D eigenvalue weighted by Gasteiger charge is -2.37. The van der Waals surface area contributed by atoms with Crippen LogP contribution in [0.25, 0.3) is 0 Å². The molecule has 142 valence electrons. The van der Waals surface area contributed by atoms with Crippen molar-refractivity contribution in [1.29, 1.82) is 0 Å². The number of hydrogen-bond acceptors (Lipinski definition) is 5. The Morgan fingerprint density at radius 3 is 2.62 bits per heavy atom. The van der Waals surface area contributed by atoms with Gasteiger partial charge >= 0.3 is 0 Å².